The smallest absolute Gasteiger partial charge is 0.434 e. The fourth-order valence-electron chi connectivity index (χ4n) is 3.39. The highest BCUT2D eigenvalue weighted by Crippen LogP contribution is 2.34. The number of ether oxygens (including phenoxy) is 2. The SMILES string of the molecule is CCOC(=O)c1cnn(-c2ccc(NC(=O)c3ccc4c(c3)CCO4)cc2)c1C(F)(F)F. The second-order valence-electron chi connectivity index (χ2n) is 6.96. The standard InChI is InChI=1S/C22H18F3N3O4/c1-2-31-21(30)17-12-26-28(19(17)22(23,24)25)16-6-4-15(5-7-16)27-20(29)14-3-8-18-13(11-14)9-10-32-18/h3-8,11-12H,2,9-10H2,1H3,(H,27,29). The van der Waals surface area contributed by atoms with E-state index in [1.807, 2.05) is 0 Å². The van der Waals surface area contributed by atoms with E-state index >= 15 is 0 Å². The monoisotopic (exact) mass is 445 g/mol. The normalized spacial score (nSPS) is 12.8. The van der Waals surface area contributed by atoms with Crippen molar-refractivity contribution in [3.05, 3.63) is 71.0 Å². The molecule has 32 heavy (non-hydrogen) atoms. The average molecular weight is 445 g/mol. The Morgan fingerprint density at radius 1 is 1.19 bits per heavy atom. The molecule has 0 spiro atoms. The van der Waals surface area contributed by atoms with Crippen LogP contribution in [0.1, 0.15) is 38.9 Å². The molecular formula is C22H18F3N3O4. The molecule has 4 rings (SSSR count). The number of carbonyl (C=O) groups is 2. The van der Waals surface area contributed by atoms with Crippen LogP contribution in [0.5, 0.6) is 5.75 Å². The Kier molecular flexibility index (Phi) is 5.60. The summed E-state index contributed by atoms with van der Waals surface area (Å²) in [6.45, 7) is 2.01. The molecule has 0 saturated carbocycles. The molecule has 7 nitrogen and oxygen atoms in total. The fraction of sp³-hybridized carbons (Fsp3) is 0.227. The number of amides is 1. The van der Waals surface area contributed by atoms with Crippen molar-refractivity contribution in [2.24, 2.45) is 0 Å². The second kappa shape index (κ2) is 8.37. The molecule has 2 aromatic carbocycles. The number of carbonyl (C=O) groups excluding carboxylic acids is 2. The molecule has 1 aliphatic heterocycles. The summed E-state index contributed by atoms with van der Waals surface area (Å²) >= 11 is 0. The van der Waals surface area contributed by atoms with Gasteiger partial charge in [0.15, 0.2) is 5.69 Å². The van der Waals surface area contributed by atoms with Gasteiger partial charge in [-0.2, -0.15) is 18.3 Å². The molecule has 0 fully saturated rings. The van der Waals surface area contributed by atoms with Crippen LogP contribution in [0.3, 0.4) is 0 Å². The van der Waals surface area contributed by atoms with Crippen LogP contribution in [0, 0.1) is 0 Å². The Hall–Kier alpha value is -3.82. The lowest BCUT2D eigenvalue weighted by atomic mass is 10.1. The quantitative estimate of drug-likeness (QED) is 0.594. The summed E-state index contributed by atoms with van der Waals surface area (Å²) in [5, 5.41) is 6.43. The predicted octanol–water partition coefficient (Wildman–Crippen LogP) is 4.26. The summed E-state index contributed by atoms with van der Waals surface area (Å²) in [4.78, 5) is 24.4. The fourth-order valence-corrected chi connectivity index (χ4v) is 3.39. The zero-order valence-electron chi connectivity index (χ0n) is 16.9. The van der Waals surface area contributed by atoms with E-state index in [1.54, 1.807) is 18.2 Å². The molecule has 1 N–H and O–H groups in total. The van der Waals surface area contributed by atoms with Crippen molar-refractivity contribution < 1.29 is 32.2 Å². The summed E-state index contributed by atoms with van der Waals surface area (Å²) in [6.07, 6.45) is -3.28. The van der Waals surface area contributed by atoms with E-state index in [9.17, 15) is 22.8 Å². The van der Waals surface area contributed by atoms with Gasteiger partial charge >= 0.3 is 12.1 Å². The molecule has 3 aromatic rings. The van der Waals surface area contributed by atoms with Gasteiger partial charge in [-0.25, -0.2) is 9.48 Å². The molecule has 0 bridgehead atoms. The zero-order valence-corrected chi connectivity index (χ0v) is 16.9. The number of hydrogen-bond donors (Lipinski definition) is 1. The first-order chi connectivity index (χ1) is 15.3. The van der Waals surface area contributed by atoms with Crippen LogP contribution in [0.15, 0.2) is 48.7 Å². The minimum Gasteiger partial charge on any atom is -0.493 e. The van der Waals surface area contributed by atoms with Gasteiger partial charge in [0.1, 0.15) is 11.3 Å². The highest BCUT2D eigenvalue weighted by atomic mass is 19.4. The Balaban J connectivity index is 1.56. The van der Waals surface area contributed by atoms with Crippen molar-refractivity contribution in [1.82, 2.24) is 9.78 Å². The van der Waals surface area contributed by atoms with Gasteiger partial charge in [-0.05, 0) is 55.0 Å². The number of hydrogen-bond acceptors (Lipinski definition) is 5. The average Bonchev–Trinajstić information content (AvgIpc) is 3.41. The first-order valence-electron chi connectivity index (χ1n) is 9.77. The van der Waals surface area contributed by atoms with Crippen LogP contribution in [-0.4, -0.2) is 34.9 Å². The van der Waals surface area contributed by atoms with E-state index in [1.165, 1.54) is 31.2 Å². The number of alkyl halides is 3. The Bertz CT molecular complexity index is 1170. The number of halogens is 3. The van der Waals surface area contributed by atoms with Gasteiger partial charge in [0.05, 0.1) is 25.1 Å². The number of aromatic nitrogens is 2. The number of fused-ring (bicyclic) bond motifs is 1. The first kappa shape index (κ1) is 21.4. The number of nitrogens with zero attached hydrogens (tertiary/aromatic N) is 2. The summed E-state index contributed by atoms with van der Waals surface area (Å²) in [5.74, 6) is -0.699. The molecule has 0 unspecified atom stereocenters. The van der Waals surface area contributed by atoms with E-state index < -0.39 is 23.4 Å². The van der Waals surface area contributed by atoms with Crippen molar-refractivity contribution in [3.8, 4) is 11.4 Å². The maximum absolute atomic E-state index is 13.6. The van der Waals surface area contributed by atoms with Crippen LogP contribution in [0.4, 0.5) is 18.9 Å². The van der Waals surface area contributed by atoms with Gasteiger partial charge < -0.3 is 14.8 Å². The molecule has 166 valence electrons. The molecule has 2 heterocycles. The lowest BCUT2D eigenvalue weighted by Crippen LogP contribution is -2.18. The number of rotatable bonds is 5. The molecule has 0 aliphatic carbocycles. The van der Waals surface area contributed by atoms with Crippen molar-refractivity contribution in [2.45, 2.75) is 19.5 Å². The zero-order chi connectivity index (χ0) is 22.9. The van der Waals surface area contributed by atoms with Crippen molar-refractivity contribution in [2.75, 3.05) is 18.5 Å². The maximum Gasteiger partial charge on any atom is 0.434 e. The Morgan fingerprint density at radius 3 is 2.62 bits per heavy atom. The third-order valence-corrected chi connectivity index (χ3v) is 4.85. The minimum atomic E-state index is -4.83. The lowest BCUT2D eigenvalue weighted by molar-refractivity contribution is -0.143. The van der Waals surface area contributed by atoms with Crippen LogP contribution < -0.4 is 10.1 Å². The summed E-state index contributed by atoms with van der Waals surface area (Å²) < 4.78 is 51.6. The molecule has 0 radical (unpaired) electrons. The molecule has 10 heteroatoms. The Morgan fingerprint density at radius 2 is 1.94 bits per heavy atom. The molecular weight excluding hydrogens is 427 g/mol. The van der Waals surface area contributed by atoms with Gasteiger partial charge in [0, 0.05) is 17.7 Å². The van der Waals surface area contributed by atoms with E-state index in [0.29, 0.717) is 22.5 Å². The highest BCUT2D eigenvalue weighted by Gasteiger charge is 2.41. The van der Waals surface area contributed by atoms with Crippen molar-refractivity contribution in [3.63, 3.8) is 0 Å². The Labute approximate surface area is 180 Å². The van der Waals surface area contributed by atoms with Gasteiger partial charge in [-0.1, -0.05) is 0 Å². The van der Waals surface area contributed by atoms with Crippen LogP contribution in [0.25, 0.3) is 5.69 Å². The molecule has 1 amide bonds. The molecule has 0 saturated heterocycles. The summed E-state index contributed by atoms with van der Waals surface area (Å²) in [6, 6.07) is 10.8. The van der Waals surface area contributed by atoms with Gasteiger partial charge in [0.2, 0.25) is 0 Å². The van der Waals surface area contributed by atoms with Crippen molar-refractivity contribution >= 4 is 17.6 Å². The minimum absolute atomic E-state index is 0.0625. The molecule has 0 atom stereocenters. The summed E-state index contributed by atoms with van der Waals surface area (Å²) in [7, 11) is 0. The number of anilines is 1. The van der Waals surface area contributed by atoms with Crippen LogP contribution in [0.2, 0.25) is 0 Å². The van der Waals surface area contributed by atoms with Gasteiger partial charge in [-0.15, -0.1) is 0 Å². The van der Waals surface area contributed by atoms with Crippen molar-refractivity contribution in [1.29, 1.82) is 0 Å². The topological polar surface area (TPSA) is 82.5 Å². The van der Waals surface area contributed by atoms with Gasteiger partial charge in [0.25, 0.3) is 5.91 Å². The van der Waals surface area contributed by atoms with E-state index in [-0.39, 0.29) is 18.2 Å². The third kappa shape index (κ3) is 4.16. The first-order valence-corrected chi connectivity index (χ1v) is 9.77. The number of nitrogens with one attached hydrogen (secondary N) is 1. The molecule has 1 aromatic heterocycles. The van der Waals surface area contributed by atoms with E-state index in [4.69, 9.17) is 9.47 Å². The van der Waals surface area contributed by atoms with Crippen LogP contribution in [-0.2, 0) is 17.3 Å². The number of esters is 1. The lowest BCUT2D eigenvalue weighted by Gasteiger charge is -2.13. The highest BCUT2D eigenvalue weighted by molar-refractivity contribution is 6.04. The van der Waals surface area contributed by atoms with E-state index in [2.05, 4.69) is 10.4 Å². The second-order valence-corrected chi connectivity index (χ2v) is 6.96. The maximum atomic E-state index is 13.6. The number of benzene rings is 2. The third-order valence-electron chi connectivity index (χ3n) is 4.85. The predicted molar refractivity (Wildman–Crippen MR) is 108 cm³/mol. The van der Waals surface area contributed by atoms with Gasteiger partial charge in [-0.3, -0.25) is 4.79 Å². The molecule has 1 aliphatic rings. The van der Waals surface area contributed by atoms with Crippen LogP contribution >= 0.6 is 0 Å². The van der Waals surface area contributed by atoms with E-state index in [0.717, 1.165) is 23.9 Å². The largest absolute Gasteiger partial charge is 0.493 e. The summed E-state index contributed by atoms with van der Waals surface area (Å²) in [5.41, 5.74) is -0.0413.